The molecule has 4 fully saturated rings. The van der Waals surface area contributed by atoms with E-state index in [4.69, 9.17) is 0 Å². The van der Waals surface area contributed by atoms with Crippen molar-refractivity contribution >= 4 is 5.91 Å². The highest BCUT2D eigenvalue weighted by Crippen LogP contribution is 2.62. The standard InChI is InChI=1S/C23H34N2O/c1-4-21(23-12-17-9-18(13-23)11-19(10-17)14-23)25(3)15-16-5-7-20(8-6-16)22(26)24-2/h5-8,17-19,21H,4,9-15H2,1-3H3,(H,24,26). The topological polar surface area (TPSA) is 32.3 Å². The summed E-state index contributed by atoms with van der Waals surface area (Å²) >= 11 is 0. The van der Waals surface area contributed by atoms with E-state index in [9.17, 15) is 4.79 Å². The van der Waals surface area contributed by atoms with Gasteiger partial charge in [0.1, 0.15) is 0 Å². The average molecular weight is 355 g/mol. The normalized spacial score (nSPS) is 33.5. The van der Waals surface area contributed by atoms with Gasteiger partial charge in [-0.05, 0) is 92.9 Å². The van der Waals surface area contributed by atoms with Crippen LogP contribution in [0, 0.1) is 23.2 Å². The Morgan fingerprint density at radius 1 is 1.12 bits per heavy atom. The molecule has 0 spiro atoms. The number of rotatable bonds is 6. The number of hydrogen-bond acceptors (Lipinski definition) is 2. The van der Waals surface area contributed by atoms with E-state index in [1.54, 1.807) is 7.05 Å². The van der Waals surface area contributed by atoms with Crippen molar-refractivity contribution in [3.8, 4) is 0 Å². The first-order valence-electron chi connectivity index (χ1n) is 10.5. The minimum atomic E-state index is -0.00935. The molecule has 1 atom stereocenters. The fraction of sp³-hybridized carbons (Fsp3) is 0.696. The van der Waals surface area contributed by atoms with Crippen LogP contribution in [-0.2, 0) is 6.54 Å². The fourth-order valence-electron chi connectivity index (χ4n) is 7.10. The van der Waals surface area contributed by atoms with Crippen LogP contribution in [0.1, 0.15) is 67.8 Å². The first-order valence-corrected chi connectivity index (χ1v) is 10.5. The smallest absolute Gasteiger partial charge is 0.251 e. The van der Waals surface area contributed by atoms with Crippen molar-refractivity contribution < 1.29 is 4.79 Å². The van der Waals surface area contributed by atoms with Crippen LogP contribution in [0.3, 0.4) is 0 Å². The molecule has 1 N–H and O–H groups in total. The van der Waals surface area contributed by atoms with Crippen molar-refractivity contribution in [1.82, 2.24) is 10.2 Å². The lowest BCUT2D eigenvalue weighted by molar-refractivity contribution is -0.0993. The van der Waals surface area contributed by atoms with Crippen LogP contribution in [0.15, 0.2) is 24.3 Å². The lowest BCUT2D eigenvalue weighted by Gasteiger charge is -2.61. The van der Waals surface area contributed by atoms with Crippen LogP contribution >= 0.6 is 0 Å². The zero-order valence-electron chi connectivity index (χ0n) is 16.6. The van der Waals surface area contributed by atoms with E-state index >= 15 is 0 Å². The third-order valence-electron chi connectivity index (χ3n) is 7.59. The molecule has 5 rings (SSSR count). The van der Waals surface area contributed by atoms with Gasteiger partial charge in [-0.3, -0.25) is 9.69 Å². The van der Waals surface area contributed by atoms with E-state index in [1.165, 1.54) is 50.5 Å². The van der Waals surface area contributed by atoms with Crippen LogP contribution in [0.2, 0.25) is 0 Å². The highest BCUT2D eigenvalue weighted by atomic mass is 16.1. The number of amides is 1. The number of benzene rings is 1. The Hall–Kier alpha value is -1.35. The number of hydrogen-bond donors (Lipinski definition) is 1. The maximum atomic E-state index is 11.7. The third kappa shape index (κ3) is 3.19. The second-order valence-corrected chi connectivity index (χ2v) is 9.40. The number of carbonyl (C=O) groups is 1. The maximum absolute atomic E-state index is 11.7. The monoisotopic (exact) mass is 354 g/mol. The molecule has 1 amide bonds. The zero-order chi connectivity index (χ0) is 18.3. The van der Waals surface area contributed by atoms with Crippen LogP contribution < -0.4 is 5.32 Å². The highest BCUT2D eigenvalue weighted by Gasteiger charge is 2.54. The molecule has 4 aliphatic rings. The highest BCUT2D eigenvalue weighted by molar-refractivity contribution is 5.93. The summed E-state index contributed by atoms with van der Waals surface area (Å²) in [4.78, 5) is 14.4. The summed E-state index contributed by atoms with van der Waals surface area (Å²) in [6.07, 6.45) is 10.2. The number of nitrogens with zero attached hydrogens (tertiary/aromatic N) is 1. The molecule has 1 aromatic rings. The second-order valence-electron chi connectivity index (χ2n) is 9.40. The first-order chi connectivity index (χ1) is 12.5. The van der Waals surface area contributed by atoms with Crippen LogP contribution in [0.4, 0.5) is 0 Å². The predicted octanol–water partition coefficient (Wildman–Crippen LogP) is 4.47. The lowest BCUT2D eigenvalue weighted by atomic mass is 9.47. The van der Waals surface area contributed by atoms with E-state index < -0.39 is 0 Å². The summed E-state index contributed by atoms with van der Waals surface area (Å²) in [6, 6.07) is 8.83. The van der Waals surface area contributed by atoms with Crippen molar-refractivity contribution in [2.75, 3.05) is 14.1 Å². The zero-order valence-corrected chi connectivity index (χ0v) is 16.6. The van der Waals surface area contributed by atoms with E-state index in [0.717, 1.165) is 29.9 Å². The molecule has 0 aliphatic heterocycles. The second kappa shape index (κ2) is 6.99. The van der Waals surface area contributed by atoms with Gasteiger partial charge in [0.05, 0.1) is 0 Å². The van der Waals surface area contributed by atoms with Gasteiger partial charge in [0, 0.05) is 25.2 Å². The summed E-state index contributed by atoms with van der Waals surface area (Å²) in [5, 5.41) is 2.69. The van der Waals surface area contributed by atoms with Crippen LogP contribution in [0.25, 0.3) is 0 Å². The van der Waals surface area contributed by atoms with Gasteiger partial charge in [0.15, 0.2) is 0 Å². The molecule has 0 saturated heterocycles. The Morgan fingerprint density at radius 2 is 1.65 bits per heavy atom. The number of carbonyl (C=O) groups excluding carboxylic acids is 1. The molecule has 4 saturated carbocycles. The van der Waals surface area contributed by atoms with Gasteiger partial charge in [-0.2, -0.15) is 0 Å². The maximum Gasteiger partial charge on any atom is 0.251 e. The Balaban J connectivity index is 1.48. The molecular formula is C23H34N2O. The molecule has 1 aromatic carbocycles. The van der Waals surface area contributed by atoms with Gasteiger partial charge in [0.25, 0.3) is 5.91 Å². The molecule has 0 radical (unpaired) electrons. The Bertz CT molecular complexity index is 615. The molecule has 3 nitrogen and oxygen atoms in total. The van der Waals surface area contributed by atoms with Gasteiger partial charge in [-0.1, -0.05) is 19.1 Å². The van der Waals surface area contributed by atoms with Gasteiger partial charge in [-0.15, -0.1) is 0 Å². The molecule has 0 heterocycles. The summed E-state index contributed by atoms with van der Waals surface area (Å²) in [6.45, 7) is 3.36. The molecular weight excluding hydrogens is 320 g/mol. The summed E-state index contributed by atoms with van der Waals surface area (Å²) in [7, 11) is 4.00. The predicted molar refractivity (Wildman–Crippen MR) is 106 cm³/mol. The van der Waals surface area contributed by atoms with Gasteiger partial charge < -0.3 is 5.32 Å². The Labute approximate surface area is 158 Å². The molecule has 4 aliphatic carbocycles. The first kappa shape index (κ1) is 18.0. The summed E-state index contributed by atoms with van der Waals surface area (Å²) < 4.78 is 0. The average Bonchev–Trinajstić information content (AvgIpc) is 2.61. The largest absolute Gasteiger partial charge is 0.355 e. The van der Waals surface area contributed by atoms with Crippen LogP contribution in [-0.4, -0.2) is 30.9 Å². The molecule has 3 heteroatoms. The lowest BCUT2D eigenvalue weighted by Crippen LogP contribution is -2.55. The third-order valence-corrected chi connectivity index (χ3v) is 7.59. The van der Waals surface area contributed by atoms with Crippen LogP contribution in [0.5, 0.6) is 0 Å². The van der Waals surface area contributed by atoms with Crippen molar-refractivity contribution in [1.29, 1.82) is 0 Å². The SMILES string of the molecule is CCC(N(C)Cc1ccc(C(=O)NC)cc1)C12CC3CC(CC(C3)C1)C2. The van der Waals surface area contributed by atoms with E-state index in [0.29, 0.717) is 11.5 Å². The van der Waals surface area contributed by atoms with Gasteiger partial charge >= 0.3 is 0 Å². The quantitative estimate of drug-likeness (QED) is 0.817. The number of nitrogens with one attached hydrogen (secondary N) is 1. The molecule has 0 aromatic heterocycles. The summed E-state index contributed by atoms with van der Waals surface area (Å²) in [5.74, 6) is 3.02. The van der Waals surface area contributed by atoms with E-state index in [1.807, 2.05) is 12.1 Å². The fourth-order valence-corrected chi connectivity index (χ4v) is 7.10. The van der Waals surface area contributed by atoms with Gasteiger partial charge in [-0.25, -0.2) is 0 Å². The molecule has 26 heavy (non-hydrogen) atoms. The molecule has 142 valence electrons. The molecule has 1 unspecified atom stereocenters. The van der Waals surface area contributed by atoms with Crippen molar-refractivity contribution in [2.24, 2.45) is 23.2 Å². The van der Waals surface area contributed by atoms with Gasteiger partial charge in [0.2, 0.25) is 0 Å². The minimum absolute atomic E-state index is 0.00935. The van der Waals surface area contributed by atoms with Crippen molar-refractivity contribution in [2.45, 2.75) is 64.5 Å². The van der Waals surface area contributed by atoms with E-state index in [2.05, 4.69) is 36.3 Å². The Kier molecular flexibility index (Phi) is 4.85. The Morgan fingerprint density at radius 3 is 2.12 bits per heavy atom. The molecule has 4 bridgehead atoms. The minimum Gasteiger partial charge on any atom is -0.355 e. The van der Waals surface area contributed by atoms with E-state index in [-0.39, 0.29) is 5.91 Å². The van der Waals surface area contributed by atoms with Crippen molar-refractivity contribution in [3.05, 3.63) is 35.4 Å². The summed E-state index contributed by atoms with van der Waals surface area (Å²) in [5.41, 5.74) is 2.62. The van der Waals surface area contributed by atoms with Crippen molar-refractivity contribution in [3.63, 3.8) is 0 Å².